The van der Waals surface area contributed by atoms with Gasteiger partial charge in [-0.3, -0.25) is 19.3 Å². The van der Waals surface area contributed by atoms with Crippen molar-refractivity contribution in [3.63, 3.8) is 0 Å². The highest BCUT2D eigenvalue weighted by Crippen LogP contribution is 2.22. The SMILES string of the molecule is CCNC(=O)C1CCCN(CC(=O)Nc2ccccc2C(=O)NC2CC2)C1. The van der Waals surface area contributed by atoms with E-state index in [-0.39, 0.29) is 36.2 Å². The molecule has 1 saturated heterocycles. The van der Waals surface area contributed by atoms with E-state index in [4.69, 9.17) is 0 Å². The molecule has 1 atom stereocenters. The molecule has 2 fully saturated rings. The van der Waals surface area contributed by atoms with Crippen molar-refractivity contribution in [1.82, 2.24) is 15.5 Å². The number of anilines is 1. The zero-order valence-electron chi connectivity index (χ0n) is 15.8. The van der Waals surface area contributed by atoms with Crippen LogP contribution in [0.25, 0.3) is 0 Å². The molecule has 1 saturated carbocycles. The fourth-order valence-corrected chi connectivity index (χ4v) is 3.41. The summed E-state index contributed by atoms with van der Waals surface area (Å²) in [5, 5.41) is 8.67. The van der Waals surface area contributed by atoms with E-state index in [1.165, 1.54) is 0 Å². The Morgan fingerprint density at radius 3 is 2.67 bits per heavy atom. The molecule has 1 unspecified atom stereocenters. The molecule has 0 spiro atoms. The Morgan fingerprint density at radius 1 is 1.15 bits per heavy atom. The van der Waals surface area contributed by atoms with Gasteiger partial charge < -0.3 is 16.0 Å². The number of amides is 3. The Hall–Kier alpha value is -2.41. The average molecular weight is 372 g/mol. The lowest BCUT2D eigenvalue weighted by Crippen LogP contribution is -2.45. The Morgan fingerprint density at radius 2 is 1.93 bits per heavy atom. The third-order valence-corrected chi connectivity index (χ3v) is 4.95. The van der Waals surface area contributed by atoms with Crippen molar-refractivity contribution in [3.8, 4) is 0 Å². The summed E-state index contributed by atoms with van der Waals surface area (Å²) in [6.07, 6.45) is 3.79. The van der Waals surface area contributed by atoms with Crippen molar-refractivity contribution in [2.75, 3.05) is 31.5 Å². The molecule has 7 nitrogen and oxygen atoms in total. The second-order valence-corrected chi connectivity index (χ2v) is 7.31. The zero-order chi connectivity index (χ0) is 19.2. The van der Waals surface area contributed by atoms with Crippen LogP contribution in [-0.2, 0) is 9.59 Å². The van der Waals surface area contributed by atoms with Crippen molar-refractivity contribution < 1.29 is 14.4 Å². The number of hydrogen-bond donors (Lipinski definition) is 3. The molecule has 0 bridgehead atoms. The molecule has 1 aromatic carbocycles. The fraction of sp³-hybridized carbons (Fsp3) is 0.550. The van der Waals surface area contributed by atoms with Crippen molar-refractivity contribution in [2.24, 2.45) is 5.92 Å². The zero-order valence-corrected chi connectivity index (χ0v) is 15.8. The lowest BCUT2D eigenvalue weighted by atomic mass is 9.97. The lowest BCUT2D eigenvalue weighted by molar-refractivity contribution is -0.127. The number of hydrogen-bond acceptors (Lipinski definition) is 4. The second kappa shape index (κ2) is 8.99. The van der Waals surface area contributed by atoms with E-state index in [0.29, 0.717) is 24.3 Å². The summed E-state index contributed by atoms with van der Waals surface area (Å²) in [4.78, 5) is 38.9. The van der Waals surface area contributed by atoms with Gasteiger partial charge in [0.1, 0.15) is 0 Å². The molecular formula is C20H28N4O3. The Balaban J connectivity index is 1.56. The maximum Gasteiger partial charge on any atom is 0.253 e. The van der Waals surface area contributed by atoms with Crippen LogP contribution < -0.4 is 16.0 Å². The van der Waals surface area contributed by atoms with Gasteiger partial charge in [0.15, 0.2) is 0 Å². The van der Waals surface area contributed by atoms with Gasteiger partial charge >= 0.3 is 0 Å². The Labute approximate surface area is 159 Å². The number of para-hydroxylation sites is 1. The topological polar surface area (TPSA) is 90.5 Å². The minimum atomic E-state index is -0.168. The first-order chi connectivity index (χ1) is 13.1. The highest BCUT2D eigenvalue weighted by atomic mass is 16.2. The van der Waals surface area contributed by atoms with Crippen LogP contribution in [0.1, 0.15) is 43.0 Å². The number of nitrogens with one attached hydrogen (secondary N) is 3. The van der Waals surface area contributed by atoms with Crippen LogP contribution in [0.15, 0.2) is 24.3 Å². The molecule has 3 rings (SSSR count). The molecule has 1 aliphatic carbocycles. The van der Waals surface area contributed by atoms with Gasteiger partial charge in [-0.2, -0.15) is 0 Å². The van der Waals surface area contributed by atoms with E-state index in [1.807, 2.05) is 11.8 Å². The minimum absolute atomic E-state index is 0.0599. The highest BCUT2D eigenvalue weighted by molar-refractivity contribution is 6.04. The number of benzene rings is 1. The van der Waals surface area contributed by atoms with E-state index < -0.39 is 0 Å². The maximum atomic E-state index is 12.5. The number of likely N-dealkylation sites (tertiary alicyclic amines) is 1. The van der Waals surface area contributed by atoms with E-state index in [1.54, 1.807) is 24.3 Å². The molecule has 0 radical (unpaired) electrons. The molecule has 1 aromatic rings. The summed E-state index contributed by atoms with van der Waals surface area (Å²) in [7, 11) is 0. The van der Waals surface area contributed by atoms with Gasteiger partial charge in [-0.15, -0.1) is 0 Å². The normalized spacial score (nSPS) is 20.0. The van der Waals surface area contributed by atoms with E-state index in [9.17, 15) is 14.4 Å². The first-order valence-corrected chi connectivity index (χ1v) is 9.76. The summed E-state index contributed by atoms with van der Waals surface area (Å²) in [6.45, 7) is 4.13. The first-order valence-electron chi connectivity index (χ1n) is 9.76. The smallest absolute Gasteiger partial charge is 0.253 e. The van der Waals surface area contributed by atoms with Gasteiger partial charge in [0, 0.05) is 19.1 Å². The van der Waals surface area contributed by atoms with Crippen molar-refractivity contribution in [2.45, 2.75) is 38.6 Å². The van der Waals surface area contributed by atoms with Crippen molar-refractivity contribution in [3.05, 3.63) is 29.8 Å². The minimum Gasteiger partial charge on any atom is -0.356 e. The third kappa shape index (κ3) is 5.53. The van der Waals surface area contributed by atoms with Crippen molar-refractivity contribution >= 4 is 23.4 Å². The lowest BCUT2D eigenvalue weighted by Gasteiger charge is -2.31. The van der Waals surface area contributed by atoms with Crippen molar-refractivity contribution in [1.29, 1.82) is 0 Å². The fourth-order valence-electron chi connectivity index (χ4n) is 3.41. The van der Waals surface area contributed by atoms with Crippen LogP contribution in [0.5, 0.6) is 0 Å². The van der Waals surface area contributed by atoms with Gasteiger partial charge in [-0.1, -0.05) is 12.1 Å². The molecule has 3 N–H and O–H groups in total. The van der Waals surface area contributed by atoms with Crippen LogP contribution in [0.2, 0.25) is 0 Å². The molecule has 3 amide bonds. The van der Waals surface area contributed by atoms with Crippen LogP contribution in [-0.4, -0.2) is 54.8 Å². The van der Waals surface area contributed by atoms with Crippen LogP contribution >= 0.6 is 0 Å². The molecule has 1 heterocycles. The predicted molar refractivity (Wildman–Crippen MR) is 103 cm³/mol. The third-order valence-electron chi connectivity index (χ3n) is 4.95. The van der Waals surface area contributed by atoms with Crippen LogP contribution in [0.4, 0.5) is 5.69 Å². The van der Waals surface area contributed by atoms with Gasteiger partial charge in [0.2, 0.25) is 11.8 Å². The number of nitrogens with zero attached hydrogens (tertiary/aromatic N) is 1. The standard InChI is InChI=1S/C20H28N4O3/c1-2-21-19(26)14-6-5-11-24(12-14)13-18(25)23-17-8-4-3-7-16(17)20(27)22-15-9-10-15/h3-4,7-8,14-15H,2,5-6,9-13H2,1H3,(H,21,26)(H,22,27)(H,23,25). The summed E-state index contributed by atoms with van der Waals surface area (Å²) in [5.41, 5.74) is 1.01. The number of carbonyl (C=O) groups is 3. The summed E-state index contributed by atoms with van der Waals surface area (Å²) < 4.78 is 0. The Kier molecular flexibility index (Phi) is 6.45. The largest absolute Gasteiger partial charge is 0.356 e. The molecule has 0 aromatic heterocycles. The average Bonchev–Trinajstić information content (AvgIpc) is 3.46. The van der Waals surface area contributed by atoms with E-state index in [0.717, 1.165) is 32.2 Å². The molecule has 146 valence electrons. The first kappa shape index (κ1) is 19.4. The monoisotopic (exact) mass is 372 g/mol. The maximum absolute atomic E-state index is 12.5. The summed E-state index contributed by atoms with van der Waals surface area (Å²) >= 11 is 0. The molecule has 27 heavy (non-hydrogen) atoms. The van der Waals surface area contributed by atoms with Crippen LogP contribution in [0, 0.1) is 5.92 Å². The molecular weight excluding hydrogens is 344 g/mol. The Bertz CT molecular complexity index is 702. The molecule has 7 heteroatoms. The van der Waals surface area contributed by atoms with E-state index in [2.05, 4.69) is 16.0 Å². The summed E-state index contributed by atoms with van der Waals surface area (Å²) in [6, 6.07) is 7.32. The number of rotatable bonds is 7. The van der Waals surface area contributed by atoms with Gasteiger partial charge in [0.25, 0.3) is 5.91 Å². The van der Waals surface area contributed by atoms with Gasteiger partial charge in [-0.25, -0.2) is 0 Å². The molecule has 1 aliphatic heterocycles. The predicted octanol–water partition coefficient (Wildman–Crippen LogP) is 1.37. The molecule has 2 aliphatic rings. The summed E-state index contributed by atoms with van der Waals surface area (Å²) in [5.74, 6) is -0.325. The highest BCUT2D eigenvalue weighted by Gasteiger charge is 2.27. The number of piperidine rings is 1. The second-order valence-electron chi connectivity index (χ2n) is 7.31. The van der Waals surface area contributed by atoms with Crippen LogP contribution in [0.3, 0.4) is 0 Å². The number of carbonyl (C=O) groups excluding carboxylic acids is 3. The van der Waals surface area contributed by atoms with Gasteiger partial charge in [-0.05, 0) is 51.3 Å². The van der Waals surface area contributed by atoms with E-state index >= 15 is 0 Å². The quantitative estimate of drug-likeness (QED) is 0.674. The van der Waals surface area contributed by atoms with Gasteiger partial charge in [0.05, 0.1) is 23.7 Å².